The second-order valence-electron chi connectivity index (χ2n) is 9.13. The zero-order valence-corrected chi connectivity index (χ0v) is 19.2. The molecular formula is C21H26N4O5S. The van der Waals surface area contributed by atoms with E-state index in [1.54, 1.807) is 20.8 Å². The summed E-state index contributed by atoms with van der Waals surface area (Å²) in [6.45, 7) is 10.9. The molecule has 4 heterocycles. The third-order valence-corrected chi connectivity index (χ3v) is 6.24. The summed E-state index contributed by atoms with van der Waals surface area (Å²) in [5.41, 5.74) is -0.330. The van der Waals surface area contributed by atoms with Gasteiger partial charge >= 0.3 is 6.09 Å². The number of anilines is 1. The Kier molecular flexibility index (Phi) is 5.21. The van der Waals surface area contributed by atoms with E-state index in [0.29, 0.717) is 22.5 Å². The number of amides is 1. The lowest BCUT2D eigenvalue weighted by Gasteiger charge is -2.28. The number of carbonyl (C=O) groups is 1. The topological polar surface area (TPSA) is 116 Å². The Labute approximate surface area is 184 Å². The highest BCUT2D eigenvalue weighted by atomic mass is 32.1. The van der Waals surface area contributed by atoms with Crippen LogP contribution in [0.2, 0.25) is 0 Å². The van der Waals surface area contributed by atoms with Gasteiger partial charge in [0.25, 0.3) is 0 Å². The van der Waals surface area contributed by atoms with Gasteiger partial charge in [0.2, 0.25) is 0 Å². The number of carbonyl (C=O) groups excluding carboxylic acids is 1. The largest absolute Gasteiger partial charge is 0.444 e. The van der Waals surface area contributed by atoms with Crippen LogP contribution in [-0.4, -0.2) is 45.3 Å². The minimum Gasteiger partial charge on any atom is -0.444 e. The summed E-state index contributed by atoms with van der Waals surface area (Å²) in [5, 5.41) is 14.5. The van der Waals surface area contributed by atoms with Gasteiger partial charge in [-0.3, -0.25) is 5.32 Å². The average molecular weight is 447 g/mol. The molecule has 31 heavy (non-hydrogen) atoms. The molecule has 0 aliphatic carbocycles. The van der Waals surface area contributed by atoms with Crippen molar-refractivity contribution >= 4 is 33.5 Å². The Morgan fingerprint density at radius 1 is 1.32 bits per heavy atom. The highest BCUT2D eigenvalue weighted by molar-refractivity contribution is 7.18. The van der Waals surface area contributed by atoms with Gasteiger partial charge in [-0.05, 0) is 46.4 Å². The number of fused-ring (bicyclic) bond motifs is 2. The van der Waals surface area contributed by atoms with Crippen molar-refractivity contribution in [3.8, 4) is 6.07 Å². The maximum absolute atomic E-state index is 12.2. The first kappa shape index (κ1) is 21.9. The SMILES string of the molecule is CC[C@@]1(C#N)O[C@@H](c2csc3c(NC(=O)OC(C)(C)C)ncnc23)[C@@H]2OC(C)(C)O[C@@H]21. The second kappa shape index (κ2) is 7.38. The summed E-state index contributed by atoms with van der Waals surface area (Å²) < 4.78 is 24.5. The van der Waals surface area contributed by atoms with Crippen molar-refractivity contribution < 1.29 is 23.7 Å². The molecule has 0 spiro atoms. The first-order valence-corrected chi connectivity index (χ1v) is 11.0. The van der Waals surface area contributed by atoms with Gasteiger partial charge in [0.15, 0.2) is 17.2 Å². The van der Waals surface area contributed by atoms with E-state index in [-0.39, 0.29) is 0 Å². The molecule has 2 saturated heterocycles. The maximum Gasteiger partial charge on any atom is 0.413 e. The molecule has 1 amide bonds. The number of hydrogen-bond acceptors (Lipinski definition) is 9. The lowest BCUT2D eigenvalue weighted by Crippen LogP contribution is -2.41. The number of rotatable bonds is 3. The molecule has 0 saturated carbocycles. The molecule has 10 heteroatoms. The van der Waals surface area contributed by atoms with Crippen molar-refractivity contribution in [2.75, 3.05) is 5.32 Å². The van der Waals surface area contributed by atoms with Gasteiger partial charge in [-0.1, -0.05) is 6.92 Å². The Morgan fingerprint density at radius 2 is 2.06 bits per heavy atom. The van der Waals surface area contributed by atoms with E-state index in [1.807, 2.05) is 26.2 Å². The summed E-state index contributed by atoms with van der Waals surface area (Å²) in [6, 6.07) is 2.31. The number of ether oxygens (including phenoxy) is 4. The van der Waals surface area contributed by atoms with Crippen molar-refractivity contribution in [1.29, 1.82) is 5.26 Å². The third kappa shape index (κ3) is 3.87. The highest BCUT2D eigenvalue weighted by Crippen LogP contribution is 2.52. The van der Waals surface area contributed by atoms with E-state index in [9.17, 15) is 10.1 Å². The van der Waals surface area contributed by atoms with Crippen LogP contribution in [0.4, 0.5) is 10.6 Å². The highest BCUT2D eigenvalue weighted by Gasteiger charge is 2.63. The molecule has 166 valence electrons. The van der Waals surface area contributed by atoms with Crippen molar-refractivity contribution in [3.05, 3.63) is 17.3 Å². The van der Waals surface area contributed by atoms with E-state index in [1.165, 1.54) is 17.7 Å². The molecule has 1 N–H and O–H groups in total. The van der Waals surface area contributed by atoms with E-state index in [4.69, 9.17) is 18.9 Å². The van der Waals surface area contributed by atoms with Gasteiger partial charge in [-0.2, -0.15) is 5.26 Å². The van der Waals surface area contributed by atoms with E-state index < -0.39 is 41.4 Å². The molecule has 2 aromatic heterocycles. The molecule has 4 atom stereocenters. The first-order chi connectivity index (χ1) is 14.5. The van der Waals surface area contributed by atoms with Crippen LogP contribution in [0, 0.1) is 11.3 Å². The van der Waals surface area contributed by atoms with Crippen LogP contribution in [0.5, 0.6) is 0 Å². The summed E-state index contributed by atoms with van der Waals surface area (Å²) in [4.78, 5) is 20.9. The van der Waals surface area contributed by atoms with Crippen molar-refractivity contribution in [2.24, 2.45) is 0 Å². The molecule has 2 aliphatic heterocycles. The van der Waals surface area contributed by atoms with E-state index in [0.717, 1.165) is 5.56 Å². The normalized spacial score (nSPS) is 29.5. The molecule has 4 rings (SSSR count). The van der Waals surface area contributed by atoms with Gasteiger partial charge in [-0.15, -0.1) is 11.3 Å². The summed E-state index contributed by atoms with van der Waals surface area (Å²) in [7, 11) is 0. The fourth-order valence-corrected chi connectivity index (χ4v) is 4.97. The quantitative estimate of drug-likeness (QED) is 0.742. The Bertz CT molecular complexity index is 1060. The predicted octanol–water partition coefficient (Wildman–Crippen LogP) is 4.30. The van der Waals surface area contributed by atoms with Gasteiger partial charge in [0.05, 0.1) is 10.2 Å². The molecule has 2 aliphatic rings. The van der Waals surface area contributed by atoms with Crippen molar-refractivity contribution in [2.45, 2.75) is 83.3 Å². The lowest BCUT2D eigenvalue weighted by atomic mass is 9.92. The van der Waals surface area contributed by atoms with E-state index >= 15 is 0 Å². The number of nitrogens with one attached hydrogen (secondary N) is 1. The maximum atomic E-state index is 12.2. The monoisotopic (exact) mass is 446 g/mol. The standard InChI is InChI=1S/C21H26N4O5S/c1-7-21(9-22)16-14(27-20(5,6)29-16)13(28-21)11-8-31-15-12(11)23-10-24-17(15)25-18(26)30-19(2,3)4/h8,10,13-14,16H,7H2,1-6H3,(H,23,24,25,26)/t13-,14-,16-,21-/m0/s1. The van der Waals surface area contributed by atoms with Crippen LogP contribution in [0.25, 0.3) is 10.2 Å². The summed E-state index contributed by atoms with van der Waals surface area (Å²) in [5.74, 6) is -0.463. The Hall–Kier alpha value is -2.32. The molecule has 2 aromatic rings. The molecular weight excluding hydrogens is 420 g/mol. The van der Waals surface area contributed by atoms with Crippen LogP contribution in [0.3, 0.4) is 0 Å². The third-order valence-electron chi connectivity index (χ3n) is 5.25. The second-order valence-corrected chi connectivity index (χ2v) is 10.0. The van der Waals surface area contributed by atoms with Crippen LogP contribution in [0.1, 0.15) is 59.6 Å². The zero-order chi connectivity index (χ0) is 22.6. The molecule has 0 bridgehead atoms. The number of nitrogens with zero attached hydrogens (tertiary/aromatic N) is 3. The van der Waals surface area contributed by atoms with Gasteiger partial charge < -0.3 is 18.9 Å². The fraction of sp³-hybridized carbons (Fsp3) is 0.619. The van der Waals surface area contributed by atoms with Crippen LogP contribution in [0.15, 0.2) is 11.7 Å². The minimum absolute atomic E-state index is 0.357. The summed E-state index contributed by atoms with van der Waals surface area (Å²) >= 11 is 1.38. The van der Waals surface area contributed by atoms with Gasteiger partial charge in [0.1, 0.15) is 36.3 Å². The van der Waals surface area contributed by atoms with Gasteiger partial charge in [-0.25, -0.2) is 14.8 Å². The lowest BCUT2D eigenvalue weighted by molar-refractivity contribution is -0.199. The smallest absolute Gasteiger partial charge is 0.413 e. The van der Waals surface area contributed by atoms with Crippen molar-refractivity contribution in [3.63, 3.8) is 0 Å². The fourth-order valence-electron chi connectivity index (χ4n) is 3.99. The van der Waals surface area contributed by atoms with Crippen molar-refractivity contribution in [1.82, 2.24) is 9.97 Å². The van der Waals surface area contributed by atoms with E-state index in [2.05, 4.69) is 21.4 Å². The molecule has 0 radical (unpaired) electrons. The number of nitriles is 1. The Morgan fingerprint density at radius 3 is 2.71 bits per heavy atom. The molecule has 9 nitrogen and oxygen atoms in total. The average Bonchev–Trinajstić information content (AvgIpc) is 3.30. The Balaban J connectivity index is 1.69. The first-order valence-electron chi connectivity index (χ1n) is 10.2. The number of thiophene rings is 1. The minimum atomic E-state index is -1.11. The number of aromatic nitrogens is 2. The molecule has 2 fully saturated rings. The number of hydrogen-bond donors (Lipinski definition) is 1. The zero-order valence-electron chi connectivity index (χ0n) is 18.4. The van der Waals surface area contributed by atoms with Crippen LogP contribution in [-0.2, 0) is 18.9 Å². The van der Waals surface area contributed by atoms with Crippen LogP contribution < -0.4 is 5.32 Å². The van der Waals surface area contributed by atoms with Gasteiger partial charge in [0, 0.05) is 5.56 Å². The summed E-state index contributed by atoms with van der Waals surface area (Å²) in [6.07, 6.45) is -0.259. The molecule has 0 unspecified atom stereocenters. The van der Waals surface area contributed by atoms with Crippen LogP contribution >= 0.6 is 11.3 Å². The predicted molar refractivity (Wildman–Crippen MR) is 114 cm³/mol. The molecule has 0 aromatic carbocycles.